The van der Waals surface area contributed by atoms with Crippen molar-refractivity contribution in [2.75, 3.05) is 7.11 Å². The Morgan fingerprint density at radius 2 is 2.20 bits per heavy atom. The normalized spacial score (nSPS) is 17.9. The molecule has 6 heteroatoms. The molecule has 0 aliphatic carbocycles. The van der Waals surface area contributed by atoms with Crippen LogP contribution < -0.4 is 10.9 Å². The number of rotatable bonds is 3. The van der Waals surface area contributed by atoms with Crippen LogP contribution >= 0.6 is 0 Å². The molecule has 2 rings (SSSR count). The summed E-state index contributed by atoms with van der Waals surface area (Å²) in [5.74, 6) is 0.0813. The largest absolute Gasteiger partial charge is 0.464 e. The first kappa shape index (κ1) is 14.7. The maximum Gasteiger partial charge on any atom is 0.357 e. The molecule has 0 fully saturated rings. The van der Waals surface area contributed by atoms with Crippen LogP contribution in [0, 0.1) is 6.92 Å². The zero-order chi connectivity index (χ0) is 14.9. The maximum atomic E-state index is 12.4. The predicted octanol–water partition coefficient (Wildman–Crippen LogP) is 1.17. The number of fused-ring (bicyclic) bond motifs is 1. The second-order valence-corrected chi connectivity index (χ2v) is 5.41. The van der Waals surface area contributed by atoms with E-state index in [9.17, 15) is 9.59 Å². The number of nitrogens with one attached hydrogen (secondary N) is 1. The molecule has 0 amide bonds. The van der Waals surface area contributed by atoms with Crippen molar-refractivity contribution < 1.29 is 9.53 Å². The minimum Gasteiger partial charge on any atom is -0.464 e. The van der Waals surface area contributed by atoms with Gasteiger partial charge in [0.15, 0.2) is 5.69 Å². The summed E-state index contributed by atoms with van der Waals surface area (Å²) >= 11 is 0. The van der Waals surface area contributed by atoms with Crippen molar-refractivity contribution in [3.63, 3.8) is 0 Å². The van der Waals surface area contributed by atoms with Crippen LogP contribution in [0.15, 0.2) is 4.79 Å². The lowest BCUT2D eigenvalue weighted by Gasteiger charge is -2.28. The summed E-state index contributed by atoms with van der Waals surface area (Å²) in [6, 6.07) is 0.284. The van der Waals surface area contributed by atoms with Crippen molar-refractivity contribution in [3.8, 4) is 0 Å². The number of hydrogen-bond donors (Lipinski definition) is 1. The van der Waals surface area contributed by atoms with Crippen LogP contribution in [0.2, 0.25) is 0 Å². The van der Waals surface area contributed by atoms with Gasteiger partial charge in [-0.05, 0) is 19.8 Å². The van der Waals surface area contributed by atoms with Crippen LogP contribution in [0.25, 0.3) is 0 Å². The molecule has 2 heterocycles. The summed E-state index contributed by atoms with van der Waals surface area (Å²) in [6.07, 6.45) is 1.84. The topological polar surface area (TPSA) is 73.2 Å². The second kappa shape index (κ2) is 5.75. The Morgan fingerprint density at radius 3 is 2.80 bits per heavy atom. The summed E-state index contributed by atoms with van der Waals surface area (Å²) in [4.78, 5) is 28.5. The highest BCUT2D eigenvalue weighted by atomic mass is 16.5. The van der Waals surface area contributed by atoms with Crippen molar-refractivity contribution in [2.45, 2.75) is 52.2 Å². The fourth-order valence-corrected chi connectivity index (χ4v) is 2.59. The molecule has 6 nitrogen and oxygen atoms in total. The van der Waals surface area contributed by atoms with Gasteiger partial charge in [0, 0.05) is 18.2 Å². The Balaban J connectivity index is 2.55. The summed E-state index contributed by atoms with van der Waals surface area (Å²) in [7, 11) is 1.30. The van der Waals surface area contributed by atoms with E-state index in [1.807, 2.05) is 13.8 Å². The molecule has 0 bridgehead atoms. The molecular formula is C14H21N3O3. The van der Waals surface area contributed by atoms with E-state index in [0.717, 1.165) is 12.8 Å². The highest BCUT2D eigenvalue weighted by Gasteiger charge is 2.27. The minimum absolute atomic E-state index is 0.000422. The number of aromatic nitrogens is 2. The van der Waals surface area contributed by atoms with E-state index in [2.05, 4.69) is 10.3 Å². The first-order valence-electron chi connectivity index (χ1n) is 6.91. The van der Waals surface area contributed by atoms with Crippen LogP contribution in [0.4, 0.5) is 0 Å². The number of carbonyl (C=O) groups is 1. The van der Waals surface area contributed by atoms with Gasteiger partial charge in [0.05, 0.1) is 13.2 Å². The van der Waals surface area contributed by atoms with Gasteiger partial charge in [-0.25, -0.2) is 9.78 Å². The number of nitrogens with zero attached hydrogens (tertiary/aromatic N) is 2. The summed E-state index contributed by atoms with van der Waals surface area (Å²) in [5.41, 5.74) is 0.331. The van der Waals surface area contributed by atoms with E-state index in [0.29, 0.717) is 17.9 Å². The predicted molar refractivity (Wildman–Crippen MR) is 74.8 cm³/mol. The van der Waals surface area contributed by atoms with Gasteiger partial charge in [0.25, 0.3) is 5.56 Å². The molecule has 1 atom stereocenters. The van der Waals surface area contributed by atoms with Gasteiger partial charge >= 0.3 is 5.97 Å². The Kier molecular flexibility index (Phi) is 4.23. The molecule has 1 aliphatic heterocycles. The smallest absolute Gasteiger partial charge is 0.357 e. The van der Waals surface area contributed by atoms with Crippen molar-refractivity contribution in [1.29, 1.82) is 0 Å². The van der Waals surface area contributed by atoms with E-state index in [1.54, 1.807) is 11.5 Å². The van der Waals surface area contributed by atoms with Crippen molar-refractivity contribution >= 4 is 5.97 Å². The molecule has 0 radical (unpaired) electrons. The first-order chi connectivity index (χ1) is 9.45. The van der Waals surface area contributed by atoms with Crippen LogP contribution in [0.1, 0.15) is 54.6 Å². The summed E-state index contributed by atoms with van der Waals surface area (Å²) in [5, 5.41) is 3.39. The molecular weight excluding hydrogens is 258 g/mol. The Morgan fingerprint density at radius 1 is 1.50 bits per heavy atom. The fourth-order valence-electron chi connectivity index (χ4n) is 2.59. The lowest BCUT2D eigenvalue weighted by atomic mass is 10.0. The maximum absolute atomic E-state index is 12.4. The van der Waals surface area contributed by atoms with Crippen LogP contribution in [0.5, 0.6) is 0 Å². The SMILES string of the molecule is COC(=O)c1nc2n(c(=O)c1C)CCCC2NC(C)C. The van der Waals surface area contributed by atoms with Crippen molar-refractivity contribution in [3.05, 3.63) is 27.4 Å². The average molecular weight is 279 g/mol. The summed E-state index contributed by atoms with van der Waals surface area (Å²) < 4.78 is 6.38. The quantitative estimate of drug-likeness (QED) is 0.841. The van der Waals surface area contributed by atoms with Crippen LogP contribution in [-0.2, 0) is 11.3 Å². The molecule has 1 aliphatic rings. The van der Waals surface area contributed by atoms with Crippen molar-refractivity contribution in [1.82, 2.24) is 14.9 Å². The van der Waals surface area contributed by atoms with E-state index in [4.69, 9.17) is 4.74 Å². The van der Waals surface area contributed by atoms with Gasteiger partial charge in [-0.3, -0.25) is 9.36 Å². The highest BCUT2D eigenvalue weighted by Crippen LogP contribution is 2.23. The standard InChI is InChI=1S/C14H21N3O3/c1-8(2)15-10-6-5-7-17-12(10)16-11(14(19)20-4)9(3)13(17)18/h8,10,15H,5-7H2,1-4H3. The molecule has 0 saturated carbocycles. The third-order valence-corrected chi connectivity index (χ3v) is 3.52. The Labute approximate surface area is 118 Å². The van der Waals surface area contributed by atoms with Gasteiger partial charge in [-0.1, -0.05) is 13.8 Å². The highest BCUT2D eigenvalue weighted by molar-refractivity contribution is 5.88. The zero-order valence-electron chi connectivity index (χ0n) is 12.4. The fraction of sp³-hybridized carbons (Fsp3) is 0.643. The van der Waals surface area contributed by atoms with Crippen LogP contribution in [-0.4, -0.2) is 28.7 Å². The molecule has 0 aromatic carbocycles. The summed E-state index contributed by atoms with van der Waals surface area (Å²) in [6.45, 7) is 6.37. The third kappa shape index (κ3) is 2.60. The van der Waals surface area contributed by atoms with E-state index >= 15 is 0 Å². The lowest BCUT2D eigenvalue weighted by Crippen LogP contribution is -2.40. The van der Waals surface area contributed by atoms with Crippen LogP contribution in [0.3, 0.4) is 0 Å². The molecule has 0 spiro atoms. The first-order valence-corrected chi connectivity index (χ1v) is 6.91. The molecule has 1 N–H and O–H groups in total. The van der Waals surface area contributed by atoms with Gasteiger partial charge in [-0.15, -0.1) is 0 Å². The van der Waals surface area contributed by atoms with E-state index < -0.39 is 5.97 Å². The Hall–Kier alpha value is -1.69. The lowest BCUT2D eigenvalue weighted by molar-refractivity contribution is 0.0591. The third-order valence-electron chi connectivity index (χ3n) is 3.52. The van der Waals surface area contributed by atoms with Crippen molar-refractivity contribution in [2.24, 2.45) is 0 Å². The van der Waals surface area contributed by atoms with Gasteiger partial charge in [0.2, 0.25) is 0 Å². The molecule has 1 aromatic rings. The van der Waals surface area contributed by atoms with Gasteiger partial charge < -0.3 is 10.1 Å². The number of ether oxygens (including phenoxy) is 1. The monoisotopic (exact) mass is 279 g/mol. The van der Waals surface area contributed by atoms with Gasteiger partial charge in [-0.2, -0.15) is 0 Å². The molecule has 0 saturated heterocycles. The molecule has 1 unspecified atom stereocenters. The number of methoxy groups -OCH3 is 1. The zero-order valence-corrected chi connectivity index (χ0v) is 12.4. The minimum atomic E-state index is -0.558. The number of esters is 1. The number of hydrogen-bond acceptors (Lipinski definition) is 5. The molecule has 110 valence electrons. The van der Waals surface area contributed by atoms with E-state index in [1.165, 1.54) is 7.11 Å². The second-order valence-electron chi connectivity index (χ2n) is 5.41. The van der Waals surface area contributed by atoms with E-state index in [-0.39, 0.29) is 23.3 Å². The molecule has 20 heavy (non-hydrogen) atoms. The Bertz CT molecular complexity index is 578. The van der Waals surface area contributed by atoms with Gasteiger partial charge in [0.1, 0.15) is 5.82 Å². The molecule has 1 aromatic heterocycles. The average Bonchev–Trinajstić information content (AvgIpc) is 2.42. The number of carbonyl (C=O) groups excluding carboxylic acids is 1.